The molecule has 2 N–H and O–H groups in total. The molecule has 0 aliphatic heterocycles. The molecular weight excluding hydrogens is 428 g/mol. The van der Waals surface area contributed by atoms with Crippen LogP contribution in [0.5, 0.6) is 0 Å². The minimum Gasteiger partial charge on any atom is -0.277 e. The Morgan fingerprint density at radius 3 is 1.84 bits per heavy atom. The summed E-state index contributed by atoms with van der Waals surface area (Å²) in [5, 5.41) is 2.83. The van der Waals surface area contributed by atoms with Crippen molar-refractivity contribution in [3.8, 4) is 0 Å². The third kappa shape index (κ3) is 12.0. The molecule has 0 fully saturated rings. The van der Waals surface area contributed by atoms with Crippen LogP contribution in [0, 0.1) is 0 Å². The third-order valence-corrected chi connectivity index (χ3v) is 4.46. The second kappa shape index (κ2) is 18.2. The number of likely N-dealkylation sites (N-methyl/N-ethyl adjacent to an activating group) is 1. The standard InChI is InChI=1S/C19H24N4O2S2.2C2H6/c1-5-10-14(6-2)18(26)22(3)20-16(24)13-17(25)21-23(4)19(27)15-11-8-7-9-12-15;2*1-2/h5-12H,13H2,1-4H3,(H,20,24)(H,21,25);2*1-2H3/b10-5-,14-6+;;. The minimum atomic E-state index is -0.479. The van der Waals surface area contributed by atoms with Crippen LogP contribution in [0.25, 0.3) is 0 Å². The molecule has 1 aromatic carbocycles. The number of allylic oxidation sites excluding steroid dienone is 2. The Kier molecular flexibility index (Phi) is 18.0. The molecule has 0 aliphatic carbocycles. The van der Waals surface area contributed by atoms with Crippen LogP contribution in [0.4, 0.5) is 0 Å². The molecule has 0 radical (unpaired) electrons. The molecule has 2 amide bonds. The smallest absolute Gasteiger partial charge is 0.248 e. The molecule has 0 heterocycles. The van der Waals surface area contributed by atoms with Gasteiger partial charge in [-0.05, 0) is 13.8 Å². The Labute approximate surface area is 198 Å². The van der Waals surface area contributed by atoms with Gasteiger partial charge >= 0.3 is 0 Å². The largest absolute Gasteiger partial charge is 0.277 e. The average molecular weight is 465 g/mol. The van der Waals surface area contributed by atoms with Gasteiger partial charge in [0.25, 0.3) is 0 Å². The van der Waals surface area contributed by atoms with E-state index in [0.717, 1.165) is 11.1 Å². The number of rotatable bonds is 5. The summed E-state index contributed by atoms with van der Waals surface area (Å²) in [5.74, 6) is -0.959. The molecule has 172 valence electrons. The highest BCUT2D eigenvalue weighted by molar-refractivity contribution is 7.81. The Morgan fingerprint density at radius 2 is 1.39 bits per heavy atom. The molecule has 0 atom stereocenters. The molecule has 31 heavy (non-hydrogen) atoms. The molecule has 6 nitrogen and oxygen atoms in total. The van der Waals surface area contributed by atoms with Crippen LogP contribution in [0.1, 0.15) is 53.5 Å². The molecule has 0 spiro atoms. The summed E-state index contributed by atoms with van der Waals surface area (Å²) < 4.78 is 0. The van der Waals surface area contributed by atoms with Crippen LogP contribution >= 0.6 is 24.4 Å². The highest BCUT2D eigenvalue weighted by Crippen LogP contribution is 2.05. The lowest BCUT2D eigenvalue weighted by molar-refractivity contribution is -0.132. The highest BCUT2D eigenvalue weighted by Gasteiger charge is 2.16. The zero-order valence-electron chi connectivity index (χ0n) is 19.9. The average Bonchev–Trinajstić information content (AvgIpc) is 2.79. The van der Waals surface area contributed by atoms with Gasteiger partial charge in [0.2, 0.25) is 11.8 Å². The summed E-state index contributed by atoms with van der Waals surface area (Å²) in [7, 11) is 3.25. The Balaban J connectivity index is 0. The first-order valence-electron chi connectivity index (χ1n) is 10.3. The third-order valence-electron chi connectivity index (χ3n) is 3.44. The fourth-order valence-electron chi connectivity index (χ4n) is 2.14. The van der Waals surface area contributed by atoms with E-state index in [9.17, 15) is 9.59 Å². The van der Waals surface area contributed by atoms with Crippen LogP contribution in [-0.4, -0.2) is 45.9 Å². The van der Waals surface area contributed by atoms with Crippen LogP contribution in [0.3, 0.4) is 0 Å². The maximum atomic E-state index is 12.1. The fourth-order valence-corrected chi connectivity index (χ4v) is 2.55. The Morgan fingerprint density at radius 1 is 0.903 bits per heavy atom. The predicted octanol–water partition coefficient (Wildman–Crippen LogP) is 4.58. The van der Waals surface area contributed by atoms with Crippen molar-refractivity contribution in [3.05, 3.63) is 59.7 Å². The SMILES string of the molecule is C/C=C\C(=C/C)C(=S)N(C)NC(=O)CC(=O)NN(C)C(=S)c1ccccc1.CC.CC. The molecular formula is C23H36N4O2S2. The van der Waals surface area contributed by atoms with Gasteiger partial charge in [-0.25, -0.2) is 0 Å². The van der Waals surface area contributed by atoms with E-state index < -0.39 is 11.8 Å². The summed E-state index contributed by atoms with van der Waals surface area (Å²) >= 11 is 10.6. The van der Waals surface area contributed by atoms with Gasteiger partial charge in [-0.1, -0.05) is 101 Å². The number of amides is 2. The number of benzene rings is 1. The van der Waals surface area contributed by atoms with Crippen molar-refractivity contribution in [2.24, 2.45) is 0 Å². The molecule has 1 rings (SSSR count). The lowest BCUT2D eigenvalue weighted by atomic mass is 10.2. The van der Waals surface area contributed by atoms with Crippen LogP contribution < -0.4 is 10.9 Å². The molecule has 0 bridgehead atoms. The quantitative estimate of drug-likeness (QED) is 0.219. The maximum Gasteiger partial charge on any atom is 0.248 e. The number of hydrazine groups is 2. The summed E-state index contributed by atoms with van der Waals surface area (Å²) in [5.41, 5.74) is 6.77. The lowest BCUT2D eigenvalue weighted by Gasteiger charge is -2.23. The van der Waals surface area contributed by atoms with E-state index >= 15 is 0 Å². The second-order valence-electron chi connectivity index (χ2n) is 5.59. The van der Waals surface area contributed by atoms with E-state index in [4.69, 9.17) is 24.4 Å². The Hall–Kier alpha value is -2.58. The number of thiocarbonyl (C=S) groups is 2. The maximum absolute atomic E-state index is 12.1. The van der Waals surface area contributed by atoms with Crippen molar-refractivity contribution in [1.29, 1.82) is 0 Å². The molecule has 8 heteroatoms. The van der Waals surface area contributed by atoms with Crippen molar-refractivity contribution < 1.29 is 9.59 Å². The van der Waals surface area contributed by atoms with Gasteiger partial charge in [-0.3, -0.25) is 30.5 Å². The number of hydrogen-bond donors (Lipinski definition) is 2. The van der Waals surface area contributed by atoms with Crippen LogP contribution in [0.2, 0.25) is 0 Å². The van der Waals surface area contributed by atoms with Crippen molar-refractivity contribution in [1.82, 2.24) is 20.9 Å². The van der Waals surface area contributed by atoms with Gasteiger partial charge < -0.3 is 0 Å². The summed E-state index contributed by atoms with van der Waals surface area (Å²) in [6.07, 6.45) is 5.19. The van der Waals surface area contributed by atoms with E-state index in [1.165, 1.54) is 10.0 Å². The topological polar surface area (TPSA) is 64.7 Å². The second-order valence-corrected chi connectivity index (χ2v) is 6.36. The van der Waals surface area contributed by atoms with Crippen molar-refractivity contribution in [3.63, 3.8) is 0 Å². The molecule has 1 aromatic rings. The van der Waals surface area contributed by atoms with E-state index in [-0.39, 0.29) is 6.42 Å². The van der Waals surface area contributed by atoms with E-state index in [0.29, 0.717) is 9.98 Å². The van der Waals surface area contributed by atoms with Crippen LogP contribution in [0.15, 0.2) is 54.1 Å². The first-order chi connectivity index (χ1) is 14.8. The first kappa shape index (κ1) is 30.6. The molecule has 0 aromatic heterocycles. The molecule has 0 saturated heterocycles. The molecule has 0 saturated carbocycles. The fraction of sp³-hybridized carbons (Fsp3) is 0.391. The Bertz CT molecular complexity index is 762. The molecule has 0 unspecified atom stereocenters. The van der Waals surface area contributed by atoms with Gasteiger partial charge in [0.15, 0.2) is 0 Å². The van der Waals surface area contributed by atoms with Crippen molar-refractivity contribution >= 4 is 46.2 Å². The summed E-state index contributed by atoms with van der Waals surface area (Å²) in [6.45, 7) is 11.7. The number of nitrogens with one attached hydrogen (secondary N) is 2. The highest BCUT2D eigenvalue weighted by atomic mass is 32.1. The monoisotopic (exact) mass is 464 g/mol. The molecule has 0 aliphatic rings. The van der Waals surface area contributed by atoms with Gasteiger partial charge in [0, 0.05) is 25.2 Å². The van der Waals surface area contributed by atoms with Gasteiger partial charge in [0.1, 0.15) is 16.4 Å². The number of hydrogen-bond acceptors (Lipinski definition) is 4. The van der Waals surface area contributed by atoms with Crippen molar-refractivity contribution in [2.75, 3.05) is 14.1 Å². The number of carbonyl (C=O) groups is 2. The van der Waals surface area contributed by atoms with Gasteiger partial charge in [-0.2, -0.15) is 0 Å². The zero-order valence-corrected chi connectivity index (χ0v) is 21.5. The normalized spacial score (nSPS) is 10.0. The summed E-state index contributed by atoms with van der Waals surface area (Å²) in [4.78, 5) is 25.1. The number of nitrogens with zero attached hydrogens (tertiary/aromatic N) is 2. The van der Waals surface area contributed by atoms with Crippen LogP contribution in [-0.2, 0) is 9.59 Å². The zero-order chi connectivity index (χ0) is 24.4. The first-order valence-corrected chi connectivity index (χ1v) is 11.1. The van der Waals surface area contributed by atoms with E-state index in [2.05, 4.69) is 10.9 Å². The van der Waals surface area contributed by atoms with Gasteiger partial charge in [0.05, 0.1) is 0 Å². The van der Waals surface area contributed by atoms with E-state index in [1.807, 2.05) is 90.1 Å². The minimum absolute atomic E-state index is 0.358. The van der Waals surface area contributed by atoms with Crippen molar-refractivity contribution in [2.45, 2.75) is 48.0 Å². The number of carbonyl (C=O) groups excluding carboxylic acids is 2. The predicted molar refractivity (Wildman–Crippen MR) is 138 cm³/mol. The van der Waals surface area contributed by atoms with E-state index in [1.54, 1.807) is 14.1 Å². The van der Waals surface area contributed by atoms with Gasteiger partial charge in [-0.15, -0.1) is 0 Å². The lowest BCUT2D eigenvalue weighted by Crippen LogP contribution is -2.47. The summed E-state index contributed by atoms with van der Waals surface area (Å²) in [6, 6.07) is 9.28.